The van der Waals surface area contributed by atoms with E-state index >= 15 is 0 Å². The minimum atomic E-state index is -0.0732. The molecule has 2 saturated carbocycles. The Morgan fingerprint density at radius 1 is 1.15 bits per heavy atom. The number of hydrogen-bond acceptors (Lipinski definition) is 3. The van der Waals surface area contributed by atoms with Crippen molar-refractivity contribution in [2.45, 2.75) is 57.9 Å². The van der Waals surface area contributed by atoms with Crippen LogP contribution in [0.1, 0.15) is 51.0 Å². The molecule has 0 radical (unpaired) electrons. The first-order chi connectivity index (χ1) is 12.5. The second kappa shape index (κ2) is 7.03. The van der Waals surface area contributed by atoms with E-state index in [9.17, 15) is 9.59 Å². The highest BCUT2D eigenvalue weighted by molar-refractivity contribution is 5.98. The highest BCUT2D eigenvalue weighted by Gasteiger charge is 2.42. The third kappa shape index (κ3) is 3.13. The number of hydrogen-bond donors (Lipinski definition) is 2. The van der Waals surface area contributed by atoms with Crippen LogP contribution in [0, 0.1) is 17.8 Å². The summed E-state index contributed by atoms with van der Waals surface area (Å²) in [5.41, 5.74) is 9.32. The molecule has 1 aromatic carbocycles. The lowest BCUT2D eigenvalue weighted by atomic mass is 9.65. The Bertz CT molecular complexity index is 703. The largest absolute Gasteiger partial charge is 0.327 e. The molecule has 3 N–H and O–H groups in total. The summed E-state index contributed by atoms with van der Waals surface area (Å²) in [6.45, 7) is 2.29. The Hall–Kier alpha value is -1.88. The van der Waals surface area contributed by atoms with Gasteiger partial charge in [0.2, 0.25) is 11.8 Å². The summed E-state index contributed by atoms with van der Waals surface area (Å²) in [5, 5.41) is 2.92. The fourth-order valence-electron chi connectivity index (χ4n) is 5.37. The summed E-state index contributed by atoms with van der Waals surface area (Å²) in [6, 6.07) is 6.17. The van der Waals surface area contributed by atoms with Crippen LogP contribution >= 0.6 is 0 Å². The van der Waals surface area contributed by atoms with Gasteiger partial charge < -0.3 is 16.0 Å². The van der Waals surface area contributed by atoms with Crippen molar-refractivity contribution < 1.29 is 9.59 Å². The second-order valence-electron chi connectivity index (χ2n) is 8.27. The zero-order valence-electron chi connectivity index (χ0n) is 15.5. The van der Waals surface area contributed by atoms with Crippen LogP contribution in [0.15, 0.2) is 18.2 Å². The van der Waals surface area contributed by atoms with Crippen molar-refractivity contribution >= 4 is 23.2 Å². The Kier molecular flexibility index (Phi) is 4.74. The summed E-state index contributed by atoms with van der Waals surface area (Å²) in [5.74, 6) is 1.30. The van der Waals surface area contributed by atoms with E-state index in [0.29, 0.717) is 11.8 Å². The normalized spacial score (nSPS) is 30.5. The van der Waals surface area contributed by atoms with Crippen molar-refractivity contribution in [1.82, 2.24) is 0 Å². The zero-order chi connectivity index (χ0) is 18.3. The Morgan fingerprint density at radius 2 is 1.88 bits per heavy atom. The van der Waals surface area contributed by atoms with Gasteiger partial charge in [-0.2, -0.15) is 0 Å². The number of carbonyl (C=O) groups excluding carboxylic acids is 2. The number of fused-ring (bicyclic) bond motifs is 3. The number of nitrogens with one attached hydrogen (secondary N) is 1. The van der Waals surface area contributed by atoms with Crippen molar-refractivity contribution in [1.29, 1.82) is 0 Å². The van der Waals surface area contributed by atoms with Crippen molar-refractivity contribution in [2.75, 3.05) is 16.8 Å². The molecule has 0 spiro atoms. The molecule has 1 aromatic rings. The lowest BCUT2D eigenvalue weighted by molar-refractivity contribution is -0.125. The lowest BCUT2D eigenvalue weighted by Gasteiger charge is -2.45. The molecule has 140 valence electrons. The van der Waals surface area contributed by atoms with Gasteiger partial charge in [-0.25, -0.2) is 0 Å². The first kappa shape index (κ1) is 17.5. The highest BCUT2D eigenvalue weighted by atomic mass is 16.2. The molecule has 0 aromatic heterocycles. The van der Waals surface area contributed by atoms with E-state index in [1.165, 1.54) is 26.2 Å². The van der Waals surface area contributed by atoms with Crippen molar-refractivity contribution in [3.05, 3.63) is 23.8 Å². The van der Waals surface area contributed by atoms with Crippen LogP contribution in [-0.2, 0) is 16.0 Å². The molecule has 2 aliphatic carbocycles. The van der Waals surface area contributed by atoms with Crippen molar-refractivity contribution in [3.8, 4) is 0 Å². The SMILES string of the molecule is CC(=O)Nc1cccc2c1CCCN2C(=O)C1CC2CCCC(C1)C2N. The standard InChI is InChI=1S/C21H29N3O2/c1-13(25)23-18-8-3-9-19-17(18)7-4-10-24(19)21(26)16-11-14-5-2-6-15(12-16)20(14)22/h3,8-9,14-16,20H,2,4-7,10-12,22H2,1H3,(H,23,25). The number of carbonyl (C=O) groups is 2. The molecule has 2 fully saturated rings. The molecule has 4 rings (SSSR count). The van der Waals surface area contributed by atoms with Gasteiger partial charge in [-0.05, 0) is 68.1 Å². The van der Waals surface area contributed by atoms with Gasteiger partial charge in [0.05, 0.1) is 0 Å². The minimum absolute atomic E-state index is 0.0732. The number of benzene rings is 1. The summed E-state index contributed by atoms with van der Waals surface area (Å²) >= 11 is 0. The third-order valence-corrected chi connectivity index (χ3v) is 6.59. The summed E-state index contributed by atoms with van der Waals surface area (Å²) < 4.78 is 0. The van der Waals surface area contributed by atoms with Gasteiger partial charge in [-0.3, -0.25) is 9.59 Å². The van der Waals surface area contributed by atoms with Crippen molar-refractivity contribution in [3.63, 3.8) is 0 Å². The van der Waals surface area contributed by atoms with Gasteiger partial charge in [-0.15, -0.1) is 0 Å². The van der Waals surface area contributed by atoms with Gasteiger partial charge in [0, 0.05) is 36.8 Å². The summed E-state index contributed by atoms with van der Waals surface area (Å²) in [7, 11) is 0. The molecule has 2 atom stereocenters. The van der Waals surface area contributed by atoms with E-state index in [0.717, 1.165) is 49.2 Å². The maximum absolute atomic E-state index is 13.4. The van der Waals surface area contributed by atoms with E-state index in [4.69, 9.17) is 5.73 Å². The molecule has 5 nitrogen and oxygen atoms in total. The molecular weight excluding hydrogens is 326 g/mol. The molecule has 26 heavy (non-hydrogen) atoms. The van der Waals surface area contributed by atoms with Crippen LogP contribution in [-0.4, -0.2) is 24.4 Å². The molecule has 2 amide bonds. The number of nitrogens with zero attached hydrogens (tertiary/aromatic N) is 1. The Balaban J connectivity index is 1.58. The predicted octanol–water partition coefficient (Wildman–Crippen LogP) is 3.08. The van der Waals surface area contributed by atoms with E-state index in [2.05, 4.69) is 5.32 Å². The van der Waals surface area contributed by atoms with Gasteiger partial charge in [0.15, 0.2) is 0 Å². The number of amides is 2. The number of rotatable bonds is 2. The molecule has 1 aliphatic heterocycles. The summed E-state index contributed by atoms with van der Waals surface area (Å²) in [4.78, 5) is 26.9. The van der Waals surface area contributed by atoms with Gasteiger partial charge in [-0.1, -0.05) is 12.5 Å². The summed E-state index contributed by atoms with van der Waals surface area (Å²) in [6.07, 6.45) is 7.32. The quantitative estimate of drug-likeness (QED) is 0.856. The molecule has 1 heterocycles. The predicted molar refractivity (Wildman–Crippen MR) is 103 cm³/mol. The maximum Gasteiger partial charge on any atom is 0.230 e. The lowest BCUT2D eigenvalue weighted by Crippen LogP contribution is -2.50. The van der Waals surface area contributed by atoms with Crippen LogP contribution < -0.4 is 16.0 Å². The van der Waals surface area contributed by atoms with Crippen molar-refractivity contribution in [2.24, 2.45) is 23.5 Å². The average Bonchev–Trinajstić information content (AvgIpc) is 2.60. The molecule has 5 heteroatoms. The first-order valence-electron chi connectivity index (χ1n) is 10.0. The molecule has 2 unspecified atom stereocenters. The van der Waals surface area contributed by atoms with Crippen LogP contribution in [0.25, 0.3) is 0 Å². The fraction of sp³-hybridized carbons (Fsp3) is 0.619. The van der Waals surface area contributed by atoms with E-state index in [1.807, 2.05) is 23.1 Å². The van der Waals surface area contributed by atoms with Gasteiger partial charge in [0.1, 0.15) is 0 Å². The molecule has 3 aliphatic rings. The van der Waals surface area contributed by atoms with Crippen LogP contribution in [0.5, 0.6) is 0 Å². The molecule has 2 bridgehead atoms. The Labute approximate surface area is 155 Å². The topological polar surface area (TPSA) is 75.4 Å². The van der Waals surface area contributed by atoms with Crippen LogP contribution in [0.2, 0.25) is 0 Å². The van der Waals surface area contributed by atoms with E-state index in [1.54, 1.807) is 0 Å². The highest BCUT2D eigenvalue weighted by Crippen LogP contribution is 2.43. The maximum atomic E-state index is 13.4. The zero-order valence-corrected chi connectivity index (χ0v) is 15.5. The monoisotopic (exact) mass is 355 g/mol. The molecular formula is C21H29N3O2. The van der Waals surface area contributed by atoms with Gasteiger partial charge in [0.25, 0.3) is 0 Å². The smallest absolute Gasteiger partial charge is 0.230 e. The second-order valence-corrected chi connectivity index (χ2v) is 8.27. The van der Waals surface area contributed by atoms with E-state index in [-0.39, 0.29) is 23.8 Å². The van der Waals surface area contributed by atoms with Gasteiger partial charge >= 0.3 is 0 Å². The third-order valence-electron chi connectivity index (χ3n) is 6.59. The number of anilines is 2. The Morgan fingerprint density at radius 3 is 2.58 bits per heavy atom. The van der Waals surface area contributed by atoms with Crippen LogP contribution in [0.3, 0.4) is 0 Å². The average molecular weight is 355 g/mol. The van der Waals surface area contributed by atoms with Crippen LogP contribution in [0.4, 0.5) is 11.4 Å². The number of nitrogens with two attached hydrogens (primary N) is 1. The minimum Gasteiger partial charge on any atom is -0.327 e. The first-order valence-corrected chi connectivity index (χ1v) is 10.0. The fourth-order valence-corrected chi connectivity index (χ4v) is 5.37. The molecule has 0 saturated heterocycles. The van der Waals surface area contributed by atoms with E-state index < -0.39 is 0 Å².